The molecular weight excluding hydrogens is 306 g/mol. The fourth-order valence-electron chi connectivity index (χ4n) is 2.39. The van der Waals surface area contributed by atoms with Crippen LogP contribution in [0.1, 0.15) is 24.0 Å². The number of aliphatic carboxylic acids is 1. The molecule has 0 fully saturated rings. The Labute approximate surface area is 141 Å². The lowest BCUT2D eigenvalue weighted by Gasteiger charge is -2.18. The van der Waals surface area contributed by atoms with Crippen LogP contribution in [0.2, 0.25) is 0 Å². The zero-order chi connectivity index (χ0) is 17.5. The summed E-state index contributed by atoms with van der Waals surface area (Å²) in [7, 11) is 1.58. The lowest BCUT2D eigenvalue weighted by atomic mass is 9.99. The predicted molar refractivity (Wildman–Crippen MR) is 91.1 cm³/mol. The van der Waals surface area contributed by atoms with Crippen molar-refractivity contribution in [1.29, 1.82) is 0 Å². The topological polar surface area (TPSA) is 75.6 Å². The number of carboxylic acids is 1. The SMILES string of the molecule is COc1ccc(C(C)C(=O)NC(Cc2ccccc2)C(=O)O)cc1. The van der Waals surface area contributed by atoms with Crippen LogP contribution in [0.4, 0.5) is 0 Å². The van der Waals surface area contributed by atoms with Crippen LogP contribution in [-0.2, 0) is 16.0 Å². The highest BCUT2D eigenvalue weighted by Crippen LogP contribution is 2.19. The summed E-state index contributed by atoms with van der Waals surface area (Å²) in [6, 6.07) is 15.4. The summed E-state index contributed by atoms with van der Waals surface area (Å²) in [6.45, 7) is 1.75. The Bertz CT molecular complexity index is 682. The van der Waals surface area contributed by atoms with E-state index in [-0.39, 0.29) is 12.3 Å². The summed E-state index contributed by atoms with van der Waals surface area (Å²) in [5.41, 5.74) is 1.67. The van der Waals surface area contributed by atoms with Crippen molar-refractivity contribution in [2.24, 2.45) is 0 Å². The zero-order valence-electron chi connectivity index (χ0n) is 13.7. The third kappa shape index (κ3) is 4.59. The van der Waals surface area contributed by atoms with Gasteiger partial charge in [0.05, 0.1) is 13.0 Å². The van der Waals surface area contributed by atoms with Gasteiger partial charge in [0.2, 0.25) is 5.91 Å². The number of benzene rings is 2. The molecule has 5 nitrogen and oxygen atoms in total. The molecule has 2 aromatic rings. The second-order valence-corrected chi connectivity index (χ2v) is 5.58. The minimum atomic E-state index is -1.05. The van der Waals surface area contributed by atoms with Crippen molar-refractivity contribution in [3.05, 3.63) is 65.7 Å². The van der Waals surface area contributed by atoms with Crippen molar-refractivity contribution < 1.29 is 19.4 Å². The Kier molecular flexibility index (Phi) is 5.95. The molecule has 5 heteroatoms. The lowest BCUT2D eigenvalue weighted by Crippen LogP contribution is -2.44. The Morgan fingerprint density at radius 1 is 1.08 bits per heavy atom. The maximum Gasteiger partial charge on any atom is 0.326 e. The molecule has 0 aliphatic carbocycles. The van der Waals surface area contributed by atoms with Crippen molar-refractivity contribution >= 4 is 11.9 Å². The molecule has 2 unspecified atom stereocenters. The van der Waals surface area contributed by atoms with Gasteiger partial charge in [-0.25, -0.2) is 4.79 Å². The highest BCUT2D eigenvalue weighted by molar-refractivity contribution is 5.88. The fraction of sp³-hybridized carbons (Fsp3) is 0.263. The van der Waals surface area contributed by atoms with E-state index in [4.69, 9.17) is 4.74 Å². The summed E-state index contributed by atoms with van der Waals surface area (Å²) in [4.78, 5) is 23.8. The molecule has 0 saturated heterocycles. The Morgan fingerprint density at radius 3 is 2.25 bits per heavy atom. The number of rotatable bonds is 7. The standard InChI is InChI=1S/C19H21NO4/c1-13(15-8-10-16(24-2)11-9-15)18(21)20-17(19(22)23)12-14-6-4-3-5-7-14/h3-11,13,17H,12H2,1-2H3,(H,20,21)(H,22,23). The van der Waals surface area contributed by atoms with Crippen LogP contribution in [0.3, 0.4) is 0 Å². The molecule has 1 amide bonds. The summed E-state index contributed by atoms with van der Waals surface area (Å²) in [5.74, 6) is -1.11. The van der Waals surface area contributed by atoms with Gasteiger partial charge in [0.15, 0.2) is 0 Å². The summed E-state index contributed by atoms with van der Waals surface area (Å²) in [6.07, 6.45) is 0.247. The lowest BCUT2D eigenvalue weighted by molar-refractivity contribution is -0.141. The first-order chi connectivity index (χ1) is 11.5. The molecule has 0 bridgehead atoms. The Balaban J connectivity index is 2.04. The molecule has 0 aliphatic rings. The molecule has 0 saturated carbocycles. The number of carbonyl (C=O) groups excluding carboxylic acids is 1. The van der Waals surface area contributed by atoms with Crippen LogP contribution >= 0.6 is 0 Å². The highest BCUT2D eigenvalue weighted by atomic mass is 16.5. The Morgan fingerprint density at radius 2 is 1.71 bits per heavy atom. The molecule has 2 aromatic carbocycles. The van der Waals surface area contributed by atoms with Crippen LogP contribution < -0.4 is 10.1 Å². The maximum absolute atomic E-state index is 12.4. The quantitative estimate of drug-likeness (QED) is 0.820. The maximum atomic E-state index is 12.4. The first kappa shape index (κ1) is 17.5. The molecule has 0 aliphatic heterocycles. The van der Waals surface area contributed by atoms with Gasteiger partial charge in [0, 0.05) is 6.42 Å². The average molecular weight is 327 g/mol. The molecular formula is C19H21NO4. The van der Waals surface area contributed by atoms with E-state index in [0.29, 0.717) is 5.75 Å². The third-order valence-corrected chi connectivity index (χ3v) is 3.91. The average Bonchev–Trinajstić information content (AvgIpc) is 2.61. The van der Waals surface area contributed by atoms with E-state index in [1.165, 1.54) is 0 Å². The molecule has 2 rings (SSSR count). The van der Waals surface area contributed by atoms with E-state index in [2.05, 4.69) is 5.32 Å². The minimum absolute atomic E-state index is 0.247. The first-order valence-corrected chi connectivity index (χ1v) is 7.72. The van der Waals surface area contributed by atoms with Crippen LogP contribution in [0.25, 0.3) is 0 Å². The van der Waals surface area contributed by atoms with Crippen molar-refractivity contribution in [3.8, 4) is 5.75 Å². The van der Waals surface area contributed by atoms with Crippen LogP contribution in [0.15, 0.2) is 54.6 Å². The van der Waals surface area contributed by atoms with Gasteiger partial charge in [-0.2, -0.15) is 0 Å². The molecule has 2 atom stereocenters. The molecule has 0 spiro atoms. The highest BCUT2D eigenvalue weighted by Gasteiger charge is 2.24. The largest absolute Gasteiger partial charge is 0.497 e. The van der Waals surface area contributed by atoms with Crippen molar-refractivity contribution in [1.82, 2.24) is 5.32 Å². The van der Waals surface area contributed by atoms with Gasteiger partial charge in [-0.3, -0.25) is 4.79 Å². The minimum Gasteiger partial charge on any atom is -0.497 e. The summed E-state index contributed by atoms with van der Waals surface area (Å²) >= 11 is 0. The van der Waals surface area contributed by atoms with Crippen molar-refractivity contribution in [2.75, 3.05) is 7.11 Å². The van der Waals surface area contributed by atoms with Gasteiger partial charge >= 0.3 is 5.97 Å². The van der Waals surface area contributed by atoms with E-state index in [1.54, 1.807) is 38.3 Å². The van der Waals surface area contributed by atoms with Gasteiger partial charge in [0.25, 0.3) is 0 Å². The van der Waals surface area contributed by atoms with E-state index in [1.807, 2.05) is 30.3 Å². The second kappa shape index (κ2) is 8.15. The number of hydrogen-bond acceptors (Lipinski definition) is 3. The summed E-state index contributed by atoms with van der Waals surface area (Å²) in [5, 5.41) is 12.0. The molecule has 126 valence electrons. The predicted octanol–water partition coefficient (Wildman–Crippen LogP) is 2.61. The van der Waals surface area contributed by atoms with Crippen molar-refractivity contribution in [2.45, 2.75) is 25.3 Å². The number of amides is 1. The number of ether oxygens (including phenoxy) is 1. The van der Waals surface area contributed by atoms with Gasteiger partial charge < -0.3 is 15.2 Å². The van der Waals surface area contributed by atoms with Gasteiger partial charge in [-0.05, 0) is 30.2 Å². The molecule has 0 aromatic heterocycles. The number of nitrogens with one attached hydrogen (secondary N) is 1. The fourth-order valence-corrected chi connectivity index (χ4v) is 2.39. The first-order valence-electron chi connectivity index (χ1n) is 7.72. The van der Waals surface area contributed by atoms with Crippen LogP contribution in [0.5, 0.6) is 5.75 Å². The Hall–Kier alpha value is -2.82. The second-order valence-electron chi connectivity index (χ2n) is 5.58. The van der Waals surface area contributed by atoms with E-state index in [0.717, 1.165) is 11.1 Å². The number of carbonyl (C=O) groups is 2. The smallest absolute Gasteiger partial charge is 0.326 e. The molecule has 24 heavy (non-hydrogen) atoms. The van der Waals surface area contributed by atoms with Gasteiger partial charge in [-0.1, -0.05) is 42.5 Å². The van der Waals surface area contributed by atoms with E-state index in [9.17, 15) is 14.7 Å². The van der Waals surface area contributed by atoms with Gasteiger partial charge in [-0.15, -0.1) is 0 Å². The third-order valence-electron chi connectivity index (χ3n) is 3.91. The summed E-state index contributed by atoms with van der Waals surface area (Å²) < 4.78 is 5.09. The van der Waals surface area contributed by atoms with Crippen LogP contribution in [0, 0.1) is 0 Å². The monoisotopic (exact) mass is 327 g/mol. The number of methoxy groups -OCH3 is 1. The molecule has 0 radical (unpaired) electrons. The number of hydrogen-bond donors (Lipinski definition) is 2. The van der Waals surface area contributed by atoms with Crippen LogP contribution in [-0.4, -0.2) is 30.1 Å². The normalized spacial score (nSPS) is 12.9. The molecule has 0 heterocycles. The van der Waals surface area contributed by atoms with E-state index >= 15 is 0 Å². The molecule has 2 N–H and O–H groups in total. The van der Waals surface area contributed by atoms with Gasteiger partial charge in [0.1, 0.15) is 11.8 Å². The van der Waals surface area contributed by atoms with E-state index < -0.39 is 17.9 Å². The van der Waals surface area contributed by atoms with Crippen molar-refractivity contribution in [3.63, 3.8) is 0 Å². The zero-order valence-corrected chi connectivity index (χ0v) is 13.7. The number of carboxylic acid groups (broad SMARTS) is 1.